The fourth-order valence-electron chi connectivity index (χ4n) is 3.57. The van der Waals surface area contributed by atoms with Crippen LogP contribution >= 0.6 is 0 Å². The molecule has 0 N–H and O–H groups in total. The lowest BCUT2D eigenvalue weighted by molar-refractivity contribution is 0.0255. The molecular formula is C25H28OSi. The van der Waals surface area contributed by atoms with Gasteiger partial charge in [-0.2, -0.15) is 0 Å². The fraction of sp³-hybridized carbons (Fsp3) is 0.200. The lowest BCUT2D eigenvalue weighted by Gasteiger charge is -2.36. The summed E-state index contributed by atoms with van der Waals surface area (Å²) < 4.78 is 6.87. The van der Waals surface area contributed by atoms with Crippen LogP contribution < -0.4 is 5.19 Å². The summed E-state index contributed by atoms with van der Waals surface area (Å²) in [6, 6.07) is 32.0. The van der Waals surface area contributed by atoms with Crippen LogP contribution in [-0.2, 0) is 4.74 Å². The van der Waals surface area contributed by atoms with E-state index in [1.807, 2.05) is 12.1 Å². The van der Waals surface area contributed by atoms with Gasteiger partial charge in [-0.1, -0.05) is 115 Å². The smallest absolute Gasteiger partial charge is 0.119 e. The highest BCUT2D eigenvalue weighted by molar-refractivity contribution is 6.90. The van der Waals surface area contributed by atoms with Gasteiger partial charge in [-0.05, 0) is 17.5 Å². The van der Waals surface area contributed by atoms with Crippen molar-refractivity contribution in [2.75, 3.05) is 0 Å². The lowest BCUT2D eigenvalue weighted by atomic mass is 10.1. The summed E-state index contributed by atoms with van der Waals surface area (Å²) in [5.41, 5.74) is 2.52. The molecule has 1 nitrogen and oxygen atoms in total. The second-order valence-corrected chi connectivity index (χ2v) is 12.0. The molecule has 0 bridgehead atoms. The van der Waals surface area contributed by atoms with E-state index in [-0.39, 0.29) is 11.8 Å². The zero-order chi connectivity index (χ0) is 19.1. The Morgan fingerprint density at radius 2 is 1.26 bits per heavy atom. The van der Waals surface area contributed by atoms with Crippen LogP contribution in [0.15, 0.2) is 104 Å². The summed E-state index contributed by atoms with van der Waals surface area (Å²) in [6.45, 7) is 8.76. The average Bonchev–Trinajstić information content (AvgIpc) is 2.73. The highest BCUT2D eigenvalue weighted by Crippen LogP contribution is 2.35. The molecule has 3 aromatic carbocycles. The Balaban J connectivity index is 2.01. The second kappa shape index (κ2) is 8.98. The standard InChI is InChI=1S/C25H28OSi/c1-4-14-24(21-15-8-5-9-16-21)26-25(22-17-10-6-11-18-22)27(2,3)23-19-12-7-13-20-23/h4-13,15-20,24-25H,1,14H2,2-3H3/t24-,25-/m0/s1. The molecule has 0 aromatic heterocycles. The van der Waals surface area contributed by atoms with E-state index in [9.17, 15) is 0 Å². The predicted molar refractivity (Wildman–Crippen MR) is 118 cm³/mol. The maximum Gasteiger partial charge on any atom is 0.119 e. The Hall–Kier alpha value is -2.42. The minimum Gasteiger partial charge on any atom is -0.368 e. The summed E-state index contributed by atoms with van der Waals surface area (Å²) in [7, 11) is -1.93. The van der Waals surface area contributed by atoms with Crippen molar-refractivity contribution in [1.82, 2.24) is 0 Å². The van der Waals surface area contributed by atoms with Gasteiger partial charge in [0, 0.05) is 0 Å². The second-order valence-electron chi connectivity index (χ2n) is 7.44. The monoisotopic (exact) mass is 372 g/mol. The molecule has 0 amide bonds. The molecule has 3 rings (SSSR count). The van der Waals surface area contributed by atoms with E-state index in [0.29, 0.717) is 0 Å². The third kappa shape index (κ3) is 4.65. The van der Waals surface area contributed by atoms with E-state index in [1.54, 1.807) is 0 Å². The largest absolute Gasteiger partial charge is 0.368 e. The normalized spacial score (nSPS) is 13.7. The first kappa shape index (κ1) is 19.3. The van der Waals surface area contributed by atoms with Crippen LogP contribution in [-0.4, -0.2) is 8.07 Å². The molecule has 27 heavy (non-hydrogen) atoms. The van der Waals surface area contributed by atoms with Crippen molar-refractivity contribution in [1.29, 1.82) is 0 Å². The lowest BCUT2D eigenvalue weighted by Crippen LogP contribution is -2.49. The van der Waals surface area contributed by atoms with Crippen molar-refractivity contribution in [2.24, 2.45) is 0 Å². The summed E-state index contributed by atoms with van der Waals surface area (Å²) in [5.74, 6) is 0. The molecule has 3 aromatic rings. The van der Waals surface area contributed by atoms with Gasteiger partial charge in [-0.3, -0.25) is 0 Å². The zero-order valence-corrected chi connectivity index (χ0v) is 17.2. The topological polar surface area (TPSA) is 9.23 Å². The van der Waals surface area contributed by atoms with Crippen LogP contribution in [0, 0.1) is 0 Å². The molecule has 0 saturated carbocycles. The number of ether oxygens (including phenoxy) is 1. The van der Waals surface area contributed by atoms with Crippen molar-refractivity contribution in [3.8, 4) is 0 Å². The van der Waals surface area contributed by atoms with Gasteiger partial charge in [-0.15, -0.1) is 6.58 Å². The molecule has 0 aliphatic carbocycles. The zero-order valence-electron chi connectivity index (χ0n) is 16.2. The van der Waals surface area contributed by atoms with Gasteiger partial charge in [0.2, 0.25) is 0 Å². The Bertz CT molecular complexity index is 828. The van der Waals surface area contributed by atoms with E-state index in [1.165, 1.54) is 16.3 Å². The molecule has 2 heteroatoms. The van der Waals surface area contributed by atoms with Crippen molar-refractivity contribution < 1.29 is 4.74 Å². The van der Waals surface area contributed by atoms with E-state index in [2.05, 4.69) is 105 Å². The number of hydrogen-bond acceptors (Lipinski definition) is 1. The molecule has 0 saturated heterocycles. The Morgan fingerprint density at radius 3 is 1.78 bits per heavy atom. The Labute approximate surface area is 164 Å². The molecular weight excluding hydrogens is 344 g/mol. The van der Waals surface area contributed by atoms with Crippen LogP contribution in [0.25, 0.3) is 0 Å². The molecule has 0 aliphatic rings. The van der Waals surface area contributed by atoms with E-state index in [0.717, 1.165) is 6.42 Å². The summed E-state index contributed by atoms with van der Waals surface area (Å²) in [5, 5.41) is 1.41. The van der Waals surface area contributed by atoms with E-state index >= 15 is 0 Å². The highest BCUT2D eigenvalue weighted by Gasteiger charge is 2.37. The minimum atomic E-state index is -1.93. The SMILES string of the molecule is C=CC[C@H](O[C@H](c1ccccc1)[Si](C)(C)c1ccccc1)c1ccccc1. The molecule has 0 unspecified atom stereocenters. The summed E-state index contributed by atoms with van der Waals surface area (Å²) in [4.78, 5) is 0. The maximum atomic E-state index is 6.87. The van der Waals surface area contributed by atoms with Crippen molar-refractivity contribution in [2.45, 2.75) is 31.3 Å². The number of benzene rings is 3. The first-order chi connectivity index (χ1) is 13.1. The van der Waals surface area contributed by atoms with Crippen molar-refractivity contribution in [3.05, 3.63) is 115 Å². The molecule has 0 heterocycles. The van der Waals surface area contributed by atoms with Gasteiger partial charge in [0.15, 0.2) is 0 Å². The van der Waals surface area contributed by atoms with Gasteiger partial charge in [-0.25, -0.2) is 0 Å². The van der Waals surface area contributed by atoms with Gasteiger partial charge in [0.1, 0.15) is 8.07 Å². The van der Waals surface area contributed by atoms with Crippen molar-refractivity contribution >= 4 is 13.3 Å². The average molecular weight is 373 g/mol. The predicted octanol–water partition coefficient (Wildman–Crippen LogP) is 6.22. The first-order valence-corrected chi connectivity index (χ1v) is 12.6. The molecule has 0 radical (unpaired) electrons. The van der Waals surface area contributed by atoms with E-state index < -0.39 is 8.07 Å². The minimum absolute atomic E-state index is 0.00407. The van der Waals surface area contributed by atoms with E-state index in [4.69, 9.17) is 4.74 Å². The fourth-order valence-corrected chi connectivity index (χ4v) is 6.45. The van der Waals surface area contributed by atoms with Gasteiger partial charge in [0.25, 0.3) is 0 Å². The Morgan fingerprint density at radius 1 is 0.778 bits per heavy atom. The van der Waals surface area contributed by atoms with Crippen LogP contribution in [0.3, 0.4) is 0 Å². The first-order valence-electron chi connectivity index (χ1n) is 9.54. The summed E-state index contributed by atoms with van der Waals surface area (Å²) >= 11 is 0. The van der Waals surface area contributed by atoms with Crippen LogP contribution in [0.4, 0.5) is 0 Å². The number of hydrogen-bond donors (Lipinski definition) is 0. The van der Waals surface area contributed by atoms with Gasteiger partial charge >= 0.3 is 0 Å². The third-order valence-corrected chi connectivity index (χ3v) is 8.73. The van der Waals surface area contributed by atoms with Gasteiger partial charge in [0.05, 0.1) is 11.8 Å². The molecule has 2 atom stereocenters. The van der Waals surface area contributed by atoms with Crippen molar-refractivity contribution in [3.63, 3.8) is 0 Å². The summed E-state index contributed by atoms with van der Waals surface area (Å²) in [6.07, 6.45) is 2.76. The third-order valence-electron chi connectivity index (χ3n) is 5.13. The maximum absolute atomic E-state index is 6.87. The number of rotatable bonds is 8. The molecule has 138 valence electrons. The van der Waals surface area contributed by atoms with Crippen LogP contribution in [0.2, 0.25) is 13.1 Å². The highest BCUT2D eigenvalue weighted by atomic mass is 28.3. The molecule has 0 fully saturated rings. The van der Waals surface area contributed by atoms with Crippen LogP contribution in [0.1, 0.15) is 29.4 Å². The Kier molecular flexibility index (Phi) is 6.43. The molecule has 0 aliphatic heterocycles. The molecule has 0 spiro atoms. The van der Waals surface area contributed by atoms with Gasteiger partial charge < -0.3 is 4.74 Å². The quantitative estimate of drug-likeness (QED) is 0.337. The van der Waals surface area contributed by atoms with Crippen LogP contribution in [0.5, 0.6) is 0 Å².